The van der Waals surface area contributed by atoms with Gasteiger partial charge in [-0.15, -0.1) is 0 Å². The van der Waals surface area contributed by atoms with Crippen LogP contribution in [0, 0.1) is 0 Å². The van der Waals surface area contributed by atoms with E-state index in [-0.39, 0.29) is 24.8 Å². The minimum Gasteiger partial charge on any atom is -1.00 e. The standard InChI is InChI=1S/2C12H13.CH2.2ClH.Zr/c2*1-9(2)11-7-3-5-10-6-4-8-12(10)11;;;;/h2*3-9H,1-2H3;1H2;2*1H;/q;;;;;+2/p-2. The van der Waals surface area contributed by atoms with Gasteiger partial charge in [0.15, 0.2) is 0 Å². The van der Waals surface area contributed by atoms with E-state index in [9.17, 15) is 0 Å². The van der Waals surface area contributed by atoms with Crippen LogP contribution in [0.2, 0.25) is 0 Å². The van der Waals surface area contributed by atoms with Crippen molar-refractivity contribution in [3.05, 3.63) is 81.9 Å². The number of rotatable bonds is 4. The number of fused-ring (bicyclic) bond motifs is 2. The van der Waals surface area contributed by atoms with Crippen molar-refractivity contribution in [1.29, 1.82) is 0 Å². The van der Waals surface area contributed by atoms with Crippen molar-refractivity contribution in [3.63, 3.8) is 0 Å². The minimum absolute atomic E-state index is 0. The van der Waals surface area contributed by atoms with Crippen LogP contribution in [0.15, 0.2) is 48.6 Å². The molecule has 2 aromatic rings. The molecule has 4 rings (SSSR count). The molecule has 0 N–H and O–H groups in total. The van der Waals surface area contributed by atoms with Gasteiger partial charge < -0.3 is 24.8 Å². The number of hydrogen-bond acceptors (Lipinski definition) is 0. The Kier molecular flexibility index (Phi) is 7.88. The molecule has 0 spiro atoms. The maximum atomic E-state index is 4.84. The third kappa shape index (κ3) is 3.96. The predicted molar refractivity (Wildman–Crippen MR) is 112 cm³/mol. The molecule has 0 fully saturated rings. The van der Waals surface area contributed by atoms with Gasteiger partial charge in [0, 0.05) is 0 Å². The molecule has 2 unspecified atom stereocenters. The molecule has 2 aliphatic carbocycles. The number of hydrogen-bond donors (Lipinski definition) is 0. The zero-order chi connectivity index (χ0) is 18.4. The van der Waals surface area contributed by atoms with E-state index in [1.807, 2.05) is 0 Å². The van der Waals surface area contributed by atoms with Gasteiger partial charge in [-0.25, -0.2) is 0 Å². The van der Waals surface area contributed by atoms with Gasteiger partial charge in [0.25, 0.3) is 0 Å². The average Bonchev–Trinajstić information content (AvgIpc) is 3.24. The van der Waals surface area contributed by atoms with Crippen molar-refractivity contribution < 1.29 is 46.1 Å². The van der Waals surface area contributed by atoms with Crippen molar-refractivity contribution in [2.75, 3.05) is 0 Å². The van der Waals surface area contributed by atoms with Crippen LogP contribution < -0.4 is 24.8 Å². The predicted octanol–water partition coefficient (Wildman–Crippen LogP) is 0.828. The average molecular weight is 491 g/mol. The Morgan fingerprint density at radius 1 is 0.714 bits per heavy atom. The Bertz CT molecular complexity index is 862. The Morgan fingerprint density at radius 3 is 1.46 bits per heavy atom. The Balaban J connectivity index is 0.00000140. The van der Waals surface area contributed by atoms with E-state index in [1.165, 1.54) is 22.3 Å². The number of benzene rings is 2. The molecule has 0 amide bonds. The fraction of sp³-hybridized carbons (Fsp3) is 0.320. The summed E-state index contributed by atoms with van der Waals surface area (Å²) in [6, 6.07) is 13.8. The zero-order valence-corrected chi connectivity index (χ0v) is 21.0. The molecule has 3 heteroatoms. The largest absolute Gasteiger partial charge is 1.00 e. The summed E-state index contributed by atoms with van der Waals surface area (Å²) in [7, 11) is 0. The summed E-state index contributed by atoms with van der Waals surface area (Å²) < 4.78 is 6.03. The van der Waals surface area contributed by atoms with Gasteiger partial charge in [0.1, 0.15) is 0 Å². The first-order valence-corrected chi connectivity index (χ1v) is 14.4. The van der Waals surface area contributed by atoms with E-state index in [2.05, 4.69) is 88.4 Å². The van der Waals surface area contributed by atoms with Crippen LogP contribution in [-0.4, -0.2) is 4.21 Å². The van der Waals surface area contributed by atoms with Gasteiger partial charge in [-0.3, -0.25) is 0 Å². The maximum absolute atomic E-state index is 4.84. The SMILES string of the molecule is [CH2]=[Zr+2]([CH]1C=Cc2c(C(C)C)cccc21)[CH]1C=Cc2c(C(C)C)cccc21.[Cl-].[Cl-]. The quantitative estimate of drug-likeness (QED) is 0.596. The fourth-order valence-corrected chi connectivity index (χ4v) is 10.4. The summed E-state index contributed by atoms with van der Waals surface area (Å²) >= 11 is -1.98. The van der Waals surface area contributed by atoms with Gasteiger partial charge in [-0.1, -0.05) is 0 Å². The van der Waals surface area contributed by atoms with Crippen LogP contribution in [0.3, 0.4) is 0 Å². The Labute approximate surface area is 190 Å². The van der Waals surface area contributed by atoms with Crippen LogP contribution in [0.4, 0.5) is 0 Å². The Hall–Kier alpha value is -0.747. The maximum Gasteiger partial charge on any atom is -1.00 e. The summed E-state index contributed by atoms with van der Waals surface area (Å²) in [5.74, 6) is 1.15. The molecule has 2 aromatic carbocycles. The van der Waals surface area contributed by atoms with Crippen LogP contribution in [0.1, 0.15) is 80.2 Å². The van der Waals surface area contributed by atoms with Crippen LogP contribution in [0.5, 0.6) is 0 Å². The van der Waals surface area contributed by atoms with Crippen LogP contribution in [0.25, 0.3) is 12.2 Å². The van der Waals surface area contributed by atoms with Crippen molar-refractivity contribution in [2.45, 2.75) is 46.8 Å². The van der Waals surface area contributed by atoms with Crippen molar-refractivity contribution in [1.82, 2.24) is 0 Å². The van der Waals surface area contributed by atoms with Crippen molar-refractivity contribution in [3.8, 4) is 0 Å². The fourth-order valence-electron chi connectivity index (χ4n) is 4.57. The molecule has 0 saturated carbocycles. The van der Waals surface area contributed by atoms with Gasteiger partial charge in [0.05, 0.1) is 0 Å². The first-order chi connectivity index (χ1) is 12.5. The molecular weight excluding hydrogens is 462 g/mol. The summed E-state index contributed by atoms with van der Waals surface area (Å²) in [4.78, 5) is 0. The zero-order valence-electron chi connectivity index (χ0n) is 17.0. The second-order valence-corrected chi connectivity index (χ2v) is 14.1. The normalized spacial score (nSPS) is 18.3. The first kappa shape index (κ1) is 23.5. The minimum atomic E-state index is -1.98. The molecule has 0 bridgehead atoms. The molecule has 0 aromatic heterocycles. The molecule has 2 atom stereocenters. The smallest absolute Gasteiger partial charge is 1.00 e. The van der Waals surface area contributed by atoms with E-state index in [0.717, 1.165) is 0 Å². The molecule has 0 radical (unpaired) electrons. The van der Waals surface area contributed by atoms with Gasteiger partial charge in [-0.2, -0.15) is 0 Å². The molecule has 146 valence electrons. The summed E-state index contributed by atoms with van der Waals surface area (Å²) in [5.41, 5.74) is 9.02. The van der Waals surface area contributed by atoms with E-state index in [1.54, 1.807) is 11.1 Å². The molecule has 0 nitrogen and oxygen atoms in total. The molecular formula is C25H28Cl2Zr. The third-order valence-electron chi connectivity index (χ3n) is 5.97. The van der Waals surface area contributed by atoms with Crippen LogP contribution in [-0.2, 0) is 21.3 Å². The summed E-state index contributed by atoms with van der Waals surface area (Å²) in [6.45, 7) is 9.18. The van der Waals surface area contributed by atoms with Gasteiger partial charge in [0.2, 0.25) is 0 Å². The molecule has 0 aliphatic heterocycles. The summed E-state index contributed by atoms with van der Waals surface area (Å²) in [5, 5.41) is 0. The summed E-state index contributed by atoms with van der Waals surface area (Å²) in [6.07, 6.45) is 9.70. The number of allylic oxidation sites excluding steroid dienone is 2. The third-order valence-corrected chi connectivity index (χ3v) is 12.4. The Morgan fingerprint density at radius 2 is 1.11 bits per heavy atom. The van der Waals surface area contributed by atoms with Gasteiger partial charge in [-0.05, 0) is 0 Å². The van der Waals surface area contributed by atoms with Gasteiger partial charge >= 0.3 is 166 Å². The topological polar surface area (TPSA) is 0 Å². The second-order valence-electron chi connectivity index (χ2n) is 8.26. The molecule has 28 heavy (non-hydrogen) atoms. The molecule has 0 heterocycles. The molecule has 0 saturated heterocycles. The molecule has 2 aliphatic rings. The first-order valence-electron chi connectivity index (χ1n) is 9.79. The number of halogens is 2. The van der Waals surface area contributed by atoms with E-state index in [4.69, 9.17) is 4.21 Å². The van der Waals surface area contributed by atoms with E-state index >= 15 is 0 Å². The van der Waals surface area contributed by atoms with Crippen molar-refractivity contribution >= 4 is 16.4 Å². The van der Waals surface area contributed by atoms with E-state index in [0.29, 0.717) is 19.1 Å². The van der Waals surface area contributed by atoms with Crippen LogP contribution >= 0.6 is 0 Å². The van der Waals surface area contributed by atoms with Crippen molar-refractivity contribution in [2.24, 2.45) is 0 Å². The van der Waals surface area contributed by atoms with E-state index < -0.39 is 21.3 Å². The second kappa shape index (κ2) is 9.38. The monoisotopic (exact) mass is 488 g/mol.